The van der Waals surface area contributed by atoms with Crippen LogP contribution in [0.3, 0.4) is 0 Å². The first-order chi connectivity index (χ1) is 8.36. The van der Waals surface area contributed by atoms with Crippen molar-refractivity contribution in [2.24, 2.45) is 0 Å². The smallest absolute Gasteiger partial charge is 0.265 e. The summed E-state index contributed by atoms with van der Waals surface area (Å²) in [4.78, 5) is 13.9. The molecule has 0 radical (unpaired) electrons. The maximum Gasteiger partial charge on any atom is 0.265 e. The number of amides is 1. The monoisotopic (exact) mass is 269 g/mol. The van der Waals surface area contributed by atoms with Crippen molar-refractivity contribution in [1.82, 2.24) is 4.90 Å². The van der Waals surface area contributed by atoms with Crippen LogP contribution < -0.4 is 4.74 Å². The SMILES string of the molecule is CCCN(C)C(=O)C(C)(C)Oc1ccc(Cl)cc1. The molecule has 0 saturated carbocycles. The van der Waals surface area contributed by atoms with Gasteiger partial charge in [-0.1, -0.05) is 18.5 Å². The third-order valence-corrected chi connectivity index (χ3v) is 2.86. The Balaban J connectivity index is 2.74. The van der Waals surface area contributed by atoms with Gasteiger partial charge in [0.1, 0.15) is 5.75 Å². The molecule has 1 aromatic carbocycles. The molecular formula is C14H20ClNO2. The minimum atomic E-state index is -0.877. The van der Waals surface area contributed by atoms with Crippen molar-refractivity contribution in [1.29, 1.82) is 0 Å². The van der Waals surface area contributed by atoms with E-state index >= 15 is 0 Å². The highest BCUT2D eigenvalue weighted by atomic mass is 35.5. The van der Waals surface area contributed by atoms with Gasteiger partial charge in [-0.2, -0.15) is 0 Å². The lowest BCUT2D eigenvalue weighted by atomic mass is 10.1. The van der Waals surface area contributed by atoms with E-state index in [1.165, 1.54) is 0 Å². The van der Waals surface area contributed by atoms with Gasteiger partial charge in [-0.15, -0.1) is 0 Å². The zero-order valence-corrected chi connectivity index (χ0v) is 12.1. The van der Waals surface area contributed by atoms with E-state index < -0.39 is 5.60 Å². The molecule has 4 heteroatoms. The predicted octanol–water partition coefficient (Wildman–Crippen LogP) is 3.37. The van der Waals surface area contributed by atoms with Crippen molar-refractivity contribution in [3.8, 4) is 5.75 Å². The summed E-state index contributed by atoms with van der Waals surface area (Å²) in [7, 11) is 1.79. The first-order valence-corrected chi connectivity index (χ1v) is 6.44. The normalized spacial score (nSPS) is 11.2. The van der Waals surface area contributed by atoms with E-state index in [2.05, 4.69) is 0 Å². The summed E-state index contributed by atoms with van der Waals surface area (Å²) < 4.78 is 5.74. The van der Waals surface area contributed by atoms with Crippen LogP contribution in [0.5, 0.6) is 5.75 Å². The Labute approximate surface area is 114 Å². The van der Waals surface area contributed by atoms with Gasteiger partial charge in [0.2, 0.25) is 0 Å². The van der Waals surface area contributed by atoms with E-state index in [1.54, 1.807) is 50.1 Å². The van der Waals surface area contributed by atoms with E-state index in [1.807, 2.05) is 6.92 Å². The second kappa shape index (κ2) is 6.10. The molecule has 100 valence electrons. The maximum atomic E-state index is 12.2. The Morgan fingerprint density at radius 3 is 2.39 bits per heavy atom. The quantitative estimate of drug-likeness (QED) is 0.820. The van der Waals surface area contributed by atoms with Crippen molar-refractivity contribution in [2.45, 2.75) is 32.8 Å². The topological polar surface area (TPSA) is 29.5 Å². The summed E-state index contributed by atoms with van der Waals surface area (Å²) in [5.41, 5.74) is -0.877. The van der Waals surface area contributed by atoms with Gasteiger partial charge in [0.25, 0.3) is 5.91 Å². The summed E-state index contributed by atoms with van der Waals surface area (Å²) in [5, 5.41) is 0.648. The standard InChI is InChI=1S/C14H20ClNO2/c1-5-10-16(4)13(17)14(2,3)18-12-8-6-11(15)7-9-12/h6-9H,5,10H2,1-4H3. The number of benzene rings is 1. The Morgan fingerprint density at radius 2 is 1.89 bits per heavy atom. The highest BCUT2D eigenvalue weighted by Gasteiger charge is 2.32. The molecule has 0 fully saturated rings. The summed E-state index contributed by atoms with van der Waals surface area (Å²) in [6.45, 7) is 6.31. The molecule has 0 bridgehead atoms. The van der Waals surface area contributed by atoms with Gasteiger partial charge in [0, 0.05) is 18.6 Å². The Bertz CT molecular complexity index is 401. The molecule has 0 unspecified atom stereocenters. The summed E-state index contributed by atoms with van der Waals surface area (Å²) in [6, 6.07) is 7.01. The highest BCUT2D eigenvalue weighted by molar-refractivity contribution is 6.30. The van der Waals surface area contributed by atoms with E-state index in [4.69, 9.17) is 16.3 Å². The van der Waals surface area contributed by atoms with Gasteiger partial charge in [-0.05, 0) is 44.5 Å². The van der Waals surface area contributed by atoms with Crippen LogP contribution in [0.2, 0.25) is 5.02 Å². The van der Waals surface area contributed by atoms with Crippen molar-refractivity contribution in [3.63, 3.8) is 0 Å². The number of hydrogen-bond acceptors (Lipinski definition) is 2. The van der Waals surface area contributed by atoms with Gasteiger partial charge >= 0.3 is 0 Å². The molecule has 1 aromatic rings. The second-order valence-electron chi connectivity index (χ2n) is 4.79. The average Bonchev–Trinajstić information content (AvgIpc) is 2.31. The fourth-order valence-corrected chi connectivity index (χ4v) is 1.86. The number of rotatable bonds is 5. The lowest BCUT2D eigenvalue weighted by Gasteiger charge is -2.30. The fraction of sp³-hybridized carbons (Fsp3) is 0.500. The first-order valence-electron chi connectivity index (χ1n) is 6.07. The Hall–Kier alpha value is -1.22. The molecule has 0 atom stereocenters. The van der Waals surface area contributed by atoms with Crippen LogP contribution in [0, 0.1) is 0 Å². The molecule has 0 aliphatic heterocycles. The molecule has 1 amide bonds. The number of carbonyl (C=O) groups is 1. The molecule has 0 spiro atoms. The lowest BCUT2D eigenvalue weighted by molar-refractivity contribution is -0.144. The van der Waals surface area contributed by atoms with E-state index in [-0.39, 0.29) is 5.91 Å². The molecular weight excluding hydrogens is 250 g/mol. The maximum absolute atomic E-state index is 12.2. The highest BCUT2D eigenvalue weighted by Crippen LogP contribution is 2.22. The first kappa shape index (κ1) is 14.8. The lowest BCUT2D eigenvalue weighted by Crippen LogP contribution is -2.47. The van der Waals surface area contributed by atoms with Crippen LogP contribution in [0.25, 0.3) is 0 Å². The van der Waals surface area contributed by atoms with Crippen LogP contribution >= 0.6 is 11.6 Å². The number of ether oxygens (including phenoxy) is 1. The molecule has 0 aromatic heterocycles. The van der Waals surface area contributed by atoms with Gasteiger partial charge in [0.05, 0.1) is 0 Å². The molecule has 0 aliphatic rings. The third-order valence-electron chi connectivity index (χ3n) is 2.61. The van der Waals surface area contributed by atoms with Gasteiger partial charge in [-0.25, -0.2) is 0 Å². The number of likely N-dealkylation sites (N-methyl/N-ethyl adjacent to an activating group) is 1. The third kappa shape index (κ3) is 3.91. The predicted molar refractivity (Wildman–Crippen MR) is 74.1 cm³/mol. The van der Waals surface area contributed by atoms with Crippen molar-refractivity contribution in [2.75, 3.05) is 13.6 Å². The van der Waals surface area contributed by atoms with Crippen LogP contribution in [0.15, 0.2) is 24.3 Å². The molecule has 0 saturated heterocycles. The van der Waals surface area contributed by atoms with Crippen molar-refractivity contribution < 1.29 is 9.53 Å². The second-order valence-corrected chi connectivity index (χ2v) is 5.23. The minimum absolute atomic E-state index is 0.0284. The van der Waals surface area contributed by atoms with E-state index in [9.17, 15) is 4.79 Å². The van der Waals surface area contributed by atoms with Gasteiger partial charge in [-0.3, -0.25) is 4.79 Å². The van der Waals surface area contributed by atoms with E-state index in [0.29, 0.717) is 10.8 Å². The molecule has 0 heterocycles. The Kier molecular flexibility index (Phi) is 5.03. The summed E-state index contributed by atoms with van der Waals surface area (Å²) in [6.07, 6.45) is 0.930. The number of carbonyl (C=O) groups excluding carboxylic acids is 1. The van der Waals surface area contributed by atoms with Gasteiger partial charge < -0.3 is 9.64 Å². The zero-order chi connectivity index (χ0) is 13.8. The largest absolute Gasteiger partial charge is 0.478 e. The van der Waals surface area contributed by atoms with Crippen LogP contribution in [0.1, 0.15) is 27.2 Å². The summed E-state index contributed by atoms with van der Waals surface area (Å²) >= 11 is 5.81. The number of nitrogens with zero attached hydrogens (tertiary/aromatic N) is 1. The van der Waals surface area contributed by atoms with Crippen molar-refractivity contribution in [3.05, 3.63) is 29.3 Å². The van der Waals surface area contributed by atoms with Crippen LogP contribution in [-0.4, -0.2) is 30.0 Å². The molecule has 18 heavy (non-hydrogen) atoms. The molecule has 3 nitrogen and oxygen atoms in total. The molecule has 0 N–H and O–H groups in total. The summed E-state index contributed by atoms with van der Waals surface area (Å²) in [5.74, 6) is 0.613. The minimum Gasteiger partial charge on any atom is -0.478 e. The van der Waals surface area contributed by atoms with E-state index in [0.717, 1.165) is 13.0 Å². The number of halogens is 1. The number of hydrogen-bond donors (Lipinski definition) is 0. The van der Waals surface area contributed by atoms with Crippen molar-refractivity contribution >= 4 is 17.5 Å². The van der Waals surface area contributed by atoms with Crippen LogP contribution in [-0.2, 0) is 4.79 Å². The Morgan fingerprint density at radius 1 is 1.33 bits per heavy atom. The fourth-order valence-electron chi connectivity index (χ4n) is 1.74. The van der Waals surface area contributed by atoms with Gasteiger partial charge in [0.15, 0.2) is 5.60 Å². The van der Waals surface area contributed by atoms with Crippen LogP contribution in [0.4, 0.5) is 0 Å². The average molecular weight is 270 g/mol. The molecule has 1 rings (SSSR count). The zero-order valence-electron chi connectivity index (χ0n) is 11.4. The molecule has 0 aliphatic carbocycles.